The first-order chi connectivity index (χ1) is 25.2. The average Bonchev–Trinajstić information content (AvgIpc) is 3.10. The third-order valence-corrected chi connectivity index (χ3v) is 10.5. The number of hydrogen-bond donors (Lipinski definition) is 1. The van der Waals surface area contributed by atoms with Crippen molar-refractivity contribution in [2.24, 2.45) is 0 Å². The van der Waals surface area contributed by atoms with Gasteiger partial charge in [-0.1, -0.05) is 154 Å². The maximum atomic E-state index is 12.5. The number of phosphoric acid groups is 1. The number of allylic oxidation sites excluding steroid dienone is 4. The zero-order valence-corrected chi connectivity index (χ0v) is 36.2. The van der Waals surface area contributed by atoms with Crippen molar-refractivity contribution in [2.75, 3.05) is 60.7 Å². The lowest BCUT2D eigenvalue weighted by molar-refractivity contribution is -0.870. The molecule has 52 heavy (non-hydrogen) atoms. The molecule has 0 aromatic carbocycles. The van der Waals surface area contributed by atoms with Gasteiger partial charge in [-0.3, -0.25) is 9.05 Å². The number of phosphoric ester groups is 1. The molecular weight excluding hydrogens is 669 g/mol. The molecule has 310 valence electrons. The Kier molecular flexibility index (Phi) is 38.3. The maximum Gasteiger partial charge on any atom is 0.472 e. The van der Waals surface area contributed by atoms with Crippen LogP contribution in [0.4, 0.5) is 0 Å². The van der Waals surface area contributed by atoms with E-state index in [9.17, 15) is 9.46 Å². The fraction of sp³-hybridized carbons (Fsp3) is 0.909. The fourth-order valence-corrected chi connectivity index (χ4v) is 6.80. The summed E-state index contributed by atoms with van der Waals surface area (Å²) in [5, 5.41) is 0. The Labute approximate surface area is 324 Å². The fourth-order valence-electron chi connectivity index (χ4n) is 6.05. The zero-order chi connectivity index (χ0) is 38.3. The lowest BCUT2D eigenvalue weighted by Crippen LogP contribution is -2.37. The van der Waals surface area contributed by atoms with E-state index in [0.717, 1.165) is 25.7 Å². The van der Waals surface area contributed by atoms with E-state index in [2.05, 4.69) is 38.2 Å². The number of rotatable bonds is 42. The smallest absolute Gasteiger partial charge is 0.379 e. The molecule has 0 aliphatic rings. The van der Waals surface area contributed by atoms with Crippen LogP contribution in [0, 0.1) is 0 Å². The lowest BCUT2D eigenvalue weighted by atomic mass is 10.1. The first-order valence-electron chi connectivity index (χ1n) is 22.1. The Bertz CT molecular complexity index is 830. The van der Waals surface area contributed by atoms with Crippen molar-refractivity contribution in [3.05, 3.63) is 24.3 Å². The van der Waals surface area contributed by atoms with E-state index in [1.807, 2.05) is 21.1 Å². The van der Waals surface area contributed by atoms with Crippen LogP contribution in [0.5, 0.6) is 0 Å². The first-order valence-corrected chi connectivity index (χ1v) is 23.6. The van der Waals surface area contributed by atoms with Crippen LogP contribution in [0.3, 0.4) is 0 Å². The molecule has 0 spiro atoms. The second kappa shape index (κ2) is 38.7. The highest BCUT2D eigenvalue weighted by atomic mass is 31.2. The number of hydrogen-bond acceptors (Lipinski definition) is 5. The minimum absolute atomic E-state index is 0.0159. The van der Waals surface area contributed by atoms with Crippen LogP contribution in [0.1, 0.15) is 194 Å². The van der Waals surface area contributed by atoms with E-state index < -0.39 is 7.82 Å². The highest BCUT2D eigenvalue weighted by molar-refractivity contribution is 7.47. The topological polar surface area (TPSA) is 74.2 Å². The van der Waals surface area contributed by atoms with Crippen molar-refractivity contribution in [2.45, 2.75) is 200 Å². The molecule has 1 N–H and O–H groups in total. The summed E-state index contributed by atoms with van der Waals surface area (Å²) in [6.45, 7) is 6.93. The summed E-state index contributed by atoms with van der Waals surface area (Å²) >= 11 is 0. The van der Waals surface area contributed by atoms with Crippen molar-refractivity contribution < 1.29 is 32.5 Å². The van der Waals surface area contributed by atoms with Gasteiger partial charge in [0.15, 0.2) is 0 Å². The predicted molar refractivity (Wildman–Crippen MR) is 224 cm³/mol. The second-order valence-corrected chi connectivity index (χ2v) is 17.5. The van der Waals surface area contributed by atoms with Crippen LogP contribution >= 0.6 is 7.82 Å². The summed E-state index contributed by atoms with van der Waals surface area (Å²) in [6, 6.07) is 0. The minimum Gasteiger partial charge on any atom is -0.379 e. The summed E-state index contributed by atoms with van der Waals surface area (Å²) in [4.78, 5) is 10.2. The van der Waals surface area contributed by atoms with E-state index >= 15 is 0 Å². The number of quaternary nitrogens is 1. The molecule has 0 fully saturated rings. The normalized spacial score (nSPS) is 14.2. The number of ether oxygens (including phenoxy) is 2. The number of nitrogens with zero attached hydrogens (tertiary/aromatic N) is 1. The second-order valence-electron chi connectivity index (χ2n) is 16.1. The summed E-state index contributed by atoms with van der Waals surface area (Å²) in [5.74, 6) is 0. The van der Waals surface area contributed by atoms with Gasteiger partial charge in [-0.15, -0.1) is 0 Å². The van der Waals surface area contributed by atoms with Crippen LogP contribution in [0.2, 0.25) is 0 Å². The van der Waals surface area contributed by atoms with E-state index in [1.165, 1.54) is 154 Å². The Morgan fingerprint density at radius 3 is 1.31 bits per heavy atom. The van der Waals surface area contributed by atoms with E-state index in [-0.39, 0.29) is 19.3 Å². The van der Waals surface area contributed by atoms with Gasteiger partial charge in [-0.2, -0.15) is 0 Å². The molecule has 0 heterocycles. The van der Waals surface area contributed by atoms with Crippen molar-refractivity contribution >= 4 is 7.82 Å². The molecule has 0 aromatic rings. The average molecular weight is 759 g/mol. The molecule has 0 bridgehead atoms. The van der Waals surface area contributed by atoms with Crippen LogP contribution in [-0.2, 0) is 23.1 Å². The Morgan fingerprint density at radius 1 is 0.500 bits per heavy atom. The van der Waals surface area contributed by atoms with Gasteiger partial charge < -0.3 is 18.9 Å². The van der Waals surface area contributed by atoms with Gasteiger partial charge in [0.1, 0.15) is 19.3 Å². The molecule has 0 saturated heterocycles. The van der Waals surface area contributed by atoms with Crippen molar-refractivity contribution in [1.82, 2.24) is 0 Å². The molecule has 0 radical (unpaired) electrons. The van der Waals surface area contributed by atoms with Crippen LogP contribution in [0.15, 0.2) is 24.3 Å². The summed E-state index contributed by atoms with van der Waals surface area (Å²) < 4.78 is 35.7. The van der Waals surface area contributed by atoms with Gasteiger partial charge in [0.05, 0.1) is 34.4 Å². The van der Waals surface area contributed by atoms with Crippen LogP contribution < -0.4 is 0 Å². The number of likely N-dealkylation sites (N-methyl/N-ethyl adjacent to an activating group) is 1. The van der Waals surface area contributed by atoms with Gasteiger partial charge in [0.25, 0.3) is 0 Å². The largest absolute Gasteiger partial charge is 0.472 e. The quantitative estimate of drug-likeness (QED) is 0.0289. The van der Waals surface area contributed by atoms with E-state index in [0.29, 0.717) is 30.8 Å². The monoisotopic (exact) mass is 759 g/mol. The van der Waals surface area contributed by atoms with Gasteiger partial charge in [-0.25, -0.2) is 4.57 Å². The molecule has 0 saturated carbocycles. The molecule has 0 amide bonds. The zero-order valence-electron chi connectivity index (χ0n) is 35.3. The summed E-state index contributed by atoms with van der Waals surface area (Å²) in [6.07, 6.45) is 44.9. The van der Waals surface area contributed by atoms with Gasteiger partial charge in [0, 0.05) is 13.2 Å². The molecule has 0 rings (SSSR count). The molecule has 7 nitrogen and oxygen atoms in total. The molecule has 0 aliphatic carbocycles. The molecule has 2 atom stereocenters. The SMILES string of the molecule is CCCCCCCC/C=C/CCCCCCCCOCC(COP(=O)(O)OCC[N+](C)(C)C)OCCCCCCCC/C=C/CCCCCCCC. The highest BCUT2D eigenvalue weighted by Crippen LogP contribution is 2.43. The van der Waals surface area contributed by atoms with Gasteiger partial charge in [0.2, 0.25) is 0 Å². The maximum absolute atomic E-state index is 12.5. The standard InChI is InChI=1S/C44H88NO6P/c1-6-8-10-12-14-16-18-20-22-24-26-28-30-32-34-36-39-48-42-44(43-51-52(46,47)50-41-38-45(3,4)5)49-40-37-35-33-31-29-27-25-23-21-19-17-15-13-11-9-7-2/h20-23,44H,6-19,24-43H2,1-5H3/p+1/b22-20+,23-21+. The Morgan fingerprint density at radius 2 is 0.885 bits per heavy atom. The molecule has 8 heteroatoms. The minimum atomic E-state index is -4.14. The summed E-state index contributed by atoms with van der Waals surface area (Å²) in [7, 11) is 1.90. The lowest BCUT2D eigenvalue weighted by Gasteiger charge is -2.24. The van der Waals surface area contributed by atoms with Crippen LogP contribution in [0.25, 0.3) is 0 Å². The molecular formula is C44H89NO6P+. The van der Waals surface area contributed by atoms with E-state index in [1.54, 1.807) is 0 Å². The third-order valence-electron chi connectivity index (χ3n) is 9.55. The Balaban J connectivity index is 4.11. The third kappa shape index (κ3) is 42.2. The predicted octanol–water partition coefficient (Wildman–Crippen LogP) is 13.3. The Hall–Kier alpha value is -0.530. The molecule has 2 unspecified atom stereocenters. The molecule has 0 aliphatic heterocycles. The van der Waals surface area contributed by atoms with Crippen molar-refractivity contribution in [3.63, 3.8) is 0 Å². The first kappa shape index (κ1) is 51.5. The molecule has 0 aromatic heterocycles. The van der Waals surface area contributed by atoms with Crippen molar-refractivity contribution in [3.8, 4) is 0 Å². The van der Waals surface area contributed by atoms with E-state index in [4.69, 9.17) is 18.5 Å². The van der Waals surface area contributed by atoms with Crippen LogP contribution in [-0.4, -0.2) is 76.2 Å². The van der Waals surface area contributed by atoms with Gasteiger partial charge in [-0.05, 0) is 64.2 Å². The number of unbranched alkanes of at least 4 members (excludes halogenated alkanes) is 24. The van der Waals surface area contributed by atoms with Crippen molar-refractivity contribution in [1.29, 1.82) is 0 Å². The highest BCUT2D eigenvalue weighted by Gasteiger charge is 2.25. The summed E-state index contributed by atoms with van der Waals surface area (Å²) in [5.41, 5.74) is 0. The van der Waals surface area contributed by atoms with Gasteiger partial charge >= 0.3 is 7.82 Å².